The SMILES string of the molecule is CCCCCCCCOC(=O)Nc1sc(CCCCCC)cc1C(=O)O. The Bertz CT molecular complexity index is 542. The number of amides is 1. The number of aryl methyl sites for hydroxylation is 1. The lowest BCUT2D eigenvalue weighted by atomic mass is 10.1. The zero-order valence-electron chi connectivity index (χ0n) is 16.1. The first-order valence-corrected chi connectivity index (χ1v) is 10.7. The lowest BCUT2D eigenvalue weighted by Gasteiger charge is -2.06. The second-order valence-electron chi connectivity index (χ2n) is 6.60. The average Bonchev–Trinajstić information content (AvgIpc) is 3.01. The molecule has 148 valence electrons. The lowest BCUT2D eigenvalue weighted by Crippen LogP contribution is -2.15. The molecule has 0 aromatic carbocycles. The number of carbonyl (C=O) groups is 2. The van der Waals surface area contributed by atoms with Crippen molar-refractivity contribution in [2.24, 2.45) is 0 Å². The van der Waals surface area contributed by atoms with Crippen LogP contribution < -0.4 is 5.32 Å². The van der Waals surface area contributed by atoms with E-state index in [1.807, 2.05) is 0 Å². The van der Waals surface area contributed by atoms with Gasteiger partial charge in [-0.2, -0.15) is 0 Å². The number of unbranched alkanes of at least 4 members (excludes halogenated alkanes) is 8. The summed E-state index contributed by atoms with van der Waals surface area (Å²) in [6.07, 6.45) is 11.6. The van der Waals surface area contributed by atoms with Crippen LogP contribution in [0, 0.1) is 0 Å². The Morgan fingerprint density at radius 1 is 1.00 bits per heavy atom. The van der Waals surface area contributed by atoms with Gasteiger partial charge in [0.25, 0.3) is 0 Å². The van der Waals surface area contributed by atoms with Gasteiger partial charge < -0.3 is 9.84 Å². The van der Waals surface area contributed by atoms with E-state index >= 15 is 0 Å². The summed E-state index contributed by atoms with van der Waals surface area (Å²) in [4.78, 5) is 24.3. The smallest absolute Gasteiger partial charge is 0.412 e. The fourth-order valence-corrected chi connectivity index (χ4v) is 3.79. The number of carboxylic acid groups (broad SMARTS) is 1. The van der Waals surface area contributed by atoms with Crippen molar-refractivity contribution in [3.63, 3.8) is 0 Å². The predicted octanol–water partition coefficient (Wildman–Crippen LogP) is 6.48. The van der Waals surface area contributed by atoms with Gasteiger partial charge in [0.05, 0.1) is 12.2 Å². The van der Waals surface area contributed by atoms with Crippen LogP contribution >= 0.6 is 11.3 Å². The summed E-state index contributed by atoms with van der Waals surface area (Å²) in [5, 5.41) is 12.3. The molecule has 1 rings (SSSR count). The maximum atomic E-state index is 11.9. The summed E-state index contributed by atoms with van der Waals surface area (Å²) < 4.78 is 5.17. The summed E-state index contributed by atoms with van der Waals surface area (Å²) in [5.74, 6) is -1.02. The van der Waals surface area contributed by atoms with Crippen LogP contribution in [-0.4, -0.2) is 23.8 Å². The fraction of sp³-hybridized carbons (Fsp3) is 0.700. The van der Waals surface area contributed by atoms with Crippen molar-refractivity contribution in [2.75, 3.05) is 11.9 Å². The monoisotopic (exact) mass is 383 g/mol. The number of nitrogens with one attached hydrogen (secondary N) is 1. The molecule has 0 aliphatic carbocycles. The molecule has 0 bridgehead atoms. The number of carboxylic acids is 1. The van der Waals surface area contributed by atoms with Gasteiger partial charge in [-0.15, -0.1) is 11.3 Å². The van der Waals surface area contributed by atoms with Crippen molar-refractivity contribution < 1.29 is 19.4 Å². The molecule has 0 saturated carbocycles. The Hall–Kier alpha value is -1.56. The highest BCUT2D eigenvalue weighted by Crippen LogP contribution is 2.29. The molecule has 0 aliphatic rings. The van der Waals surface area contributed by atoms with Gasteiger partial charge in [-0.1, -0.05) is 65.2 Å². The third kappa shape index (κ3) is 9.22. The van der Waals surface area contributed by atoms with Gasteiger partial charge >= 0.3 is 12.1 Å². The number of ether oxygens (including phenoxy) is 1. The molecule has 0 fully saturated rings. The van der Waals surface area contributed by atoms with E-state index < -0.39 is 12.1 Å². The van der Waals surface area contributed by atoms with E-state index in [2.05, 4.69) is 19.2 Å². The second-order valence-corrected chi connectivity index (χ2v) is 7.74. The Balaban J connectivity index is 2.40. The van der Waals surface area contributed by atoms with Crippen molar-refractivity contribution >= 4 is 28.4 Å². The summed E-state index contributed by atoms with van der Waals surface area (Å²) in [6.45, 7) is 4.71. The number of carbonyl (C=O) groups excluding carboxylic acids is 1. The van der Waals surface area contributed by atoms with Gasteiger partial charge in [0.15, 0.2) is 0 Å². The molecule has 0 radical (unpaired) electrons. The number of hydrogen-bond donors (Lipinski definition) is 2. The van der Waals surface area contributed by atoms with Gasteiger partial charge in [0.2, 0.25) is 0 Å². The molecule has 6 heteroatoms. The molecule has 26 heavy (non-hydrogen) atoms. The van der Waals surface area contributed by atoms with Gasteiger partial charge in [-0.3, -0.25) is 5.32 Å². The van der Waals surface area contributed by atoms with Crippen LogP contribution in [0.3, 0.4) is 0 Å². The first-order valence-electron chi connectivity index (χ1n) is 9.88. The largest absolute Gasteiger partial charge is 0.478 e. The van der Waals surface area contributed by atoms with E-state index in [4.69, 9.17) is 4.74 Å². The molecule has 0 saturated heterocycles. The fourth-order valence-electron chi connectivity index (χ4n) is 2.72. The van der Waals surface area contributed by atoms with Crippen LogP contribution in [-0.2, 0) is 11.2 Å². The summed E-state index contributed by atoms with van der Waals surface area (Å²) in [5.41, 5.74) is 0.150. The maximum absolute atomic E-state index is 11.9. The minimum Gasteiger partial charge on any atom is -0.478 e. The lowest BCUT2D eigenvalue weighted by molar-refractivity contribution is 0.0698. The van der Waals surface area contributed by atoms with Crippen LogP contribution in [0.4, 0.5) is 9.80 Å². The molecule has 1 aromatic heterocycles. The molecule has 1 amide bonds. The molecule has 1 aromatic rings. The summed E-state index contributed by atoms with van der Waals surface area (Å²) >= 11 is 1.33. The molecule has 1 heterocycles. The van der Waals surface area contributed by atoms with Crippen molar-refractivity contribution in [1.82, 2.24) is 0 Å². The van der Waals surface area contributed by atoms with Crippen molar-refractivity contribution in [1.29, 1.82) is 0 Å². The molecular weight excluding hydrogens is 350 g/mol. The Morgan fingerprint density at radius 3 is 2.27 bits per heavy atom. The number of hydrogen-bond acceptors (Lipinski definition) is 4. The number of thiophene rings is 1. The normalized spacial score (nSPS) is 10.7. The van der Waals surface area contributed by atoms with Crippen LogP contribution in [0.25, 0.3) is 0 Å². The molecular formula is C20H33NO4S. The average molecular weight is 384 g/mol. The van der Waals surface area contributed by atoms with Gasteiger partial charge in [0, 0.05) is 4.88 Å². The van der Waals surface area contributed by atoms with E-state index in [0.29, 0.717) is 11.6 Å². The Labute approximate surface area is 161 Å². The van der Waals surface area contributed by atoms with E-state index in [0.717, 1.165) is 43.4 Å². The van der Waals surface area contributed by atoms with E-state index in [-0.39, 0.29) is 5.56 Å². The topological polar surface area (TPSA) is 75.6 Å². The van der Waals surface area contributed by atoms with Gasteiger partial charge in [0.1, 0.15) is 5.00 Å². The van der Waals surface area contributed by atoms with E-state index in [9.17, 15) is 14.7 Å². The minimum atomic E-state index is -1.02. The van der Waals surface area contributed by atoms with E-state index in [1.165, 1.54) is 43.4 Å². The number of aromatic carboxylic acids is 1. The van der Waals surface area contributed by atoms with E-state index in [1.54, 1.807) is 6.07 Å². The third-order valence-corrected chi connectivity index (χ3v) is 5.35. The molecule has 5 nitrogen and oxygen atoms in total. The highest BCUT2D eigenvalue weighted by molar-refractivity contribution is 7.16. The first kappa shape index (κ1) is 22.5. The van der Waals surface area contributed by atoms with Crippen LogP contribution in [0.1, 0.15) is 93.3 Å². The zero-order chi connectivity index (χ0) is 19.2. The Kier molecular flexibility index (Phi) is 11.8. The van der Waals surface area contributed by atoms with Gasteiger partial charge in [-0.25, -0.2) is 9.59 Å². The van der Waals surface area contributed by atoms with Crippen molar-refractivity contribution in [3.8, 4) is 0 Å². The maximum Gasteiger partial charge on any atom is 0.412 e. The Morgan fingerprint density at radius 2 is 1.62 bits per heavy atom. The number of anilines is 1. The highest BCUT2D eigenvalue weighted by Gasteiger charge is 2.17. The third-order valence-electron chi connectivity index (χ3n) is 4.24. The summed E-state index contributed by atoms with van der Waals surface area (Å²) in [7, 11) is 0. The molecule has 0 atom stereocenters. The standard InChI is InChI=1S/C20H33NO4S/c1-3-5-7-9-10-12-14-25-20(24)21-18-17(19(22)23)15-16(26-18)13-11-8-6-4-2/h15H,3-14H2,1-2H3,(H,21,24)(H,22,23). The first-order chi connectivity index (χ1) is 12.6. The molecule has 0 unspecified atom stereocenters. The van der Waals surface area contributed by atoms with Crippen LogP contribution in [0.15, 0.2) is 6.07 Å². The van der Waals surface area contributed by atoms with Gasteiger partial charge in [-0.05, 0) is 25.3 Å². The second kappa shape index (κ2) is 13.6. The zero-order valence-corrected chi connectivity index (χ0v) is 17.0. The van der Waals surface area contributed by atoms with Crippen LogP contribution in [0.5, 0.6) is 0 Å². The molecule has 0 spiro atoms. The minimum absolute atomic E-state index is 0.150. The highest BCUT2D eigenvalue weighted by atomic mass is 32.1. The quantitative estimate of drug-likeness (QED) is 0.361. The van der Waals surface area contributed by atoms with Crippen molar-refractivity contribution in [2.45, 2.75) is 84.5 Å². The summed E-state index contributed by atoms with van der Waals surface area (Å²) in [6, 6.07) is 1.67. The predicted molar refractivity (Wildman–Crippen MR) is 107 cm³/mol. The van der Waals surface area contributed by atoms with Crippen LogP contribution in [0.2, 0.25) is 0 Å². The molecule has 2 N–H and O–H groups in total. The number of rotatable bonds is 14. The molecule has 0 aliphatic heterocycles. The van der Waals surface area contributed by atoms with Crippen molar-refractivity contribution in [3.05, 3.63) is 16.5 Å².